The van der Waals surface area contributed by atoms with Gasteiger partial charge in [-0.2, -0.15) is 0 Å². The third-order valence-corrected chi connectivity index (χ3v) is 3.98. The van der Waals surface area contributed by atoms with E-state index >= 15 is 0 Å². The lowest BCUT2D eigenvalue weighted by Gasteiger charge is -2.27. The van der Waals surface area contributed by atoms with E-state index in [1.54, 1.807) is 6.92 Å². The molecule has 1 aliphatic rings. The number of carbonyl (C=O) groups is 2. The van der Waals surface area contributed by atoms with Crippen molar-refractivity contribution in [2.75, 3.05) is 19.6 Å². The molecule has 5 heteroatoms. The van der Waals surface area contributed by atoms with Crippen molar-refractivity contribution in [1.82, 2.24) is 10.2 Å². The van der Waals surface area contributed by atoms with Crippen molar-refractivity contribution >= 4 is 11.9 Å². The molecule has 0 aromatic carbocycles. The number of rotatable bonds is 8. The summed E-state index contributed by atoms with van der Waals surface area (Å²) in [5.41, 5.74) is 0. The highest BCUT2D eigenvalue weighted by molar-refractivity contribution is 5.73. The molecule has 1 fully saturated rings. The molecule has 1 unspecified atom stereocenters. The average Bonchev–Trinajstić information content (AvgIpc) is 2.85. The Labute approximate surface area is 115 Å². The fourth-order valence-corrected chi connectivity index (χ4v) is 2.68. The van der Waals surface area contributed by atoms with Gasteiger partial charge in [0.25, 0.3) is 0 Å². The quantitative estimate of drug-likeness (QED) is 0.701. The van der Waals surface area contributed by atoms with Gasteiger partial charge in [-0.1, -0.05) is 25.7 Å². The molecule has 19 heavy (non-hydrogen) atoms. The third-order valence-electron chi connectivity index (χ3n) is 3.98. The van der Waals surface area contributed by atoms with Gasteiger partial charge in [-0.3, -0.25) is 14.5 Å². The summed E-state index contributed by atoms with van der Waals surface area (Å²) in [6, 6.07) is -0.491. The van der Waals surface area contributed by atoms with Crippen LogP contribution in [0.25, 0.3) is 0 Å². The van der Waals surface area contributed by atoms with Gasteiger partial charge in [-0.15, -0.1) is 0 Å². The van der Waals surface area contributed by atoms with Crippen molar-refractivity contribution in [3.8, 4) is 0 Å². The SMILES string of the molecule is CC(=O)NCCN(CCC1CCCC1)C(C)C(=O)O. The maximum absolute atomic E-state index is 11.1. The van der Waals surface area contributed by atoms with Crippen molar-refractivity contribution in [1.29, 1.82) is 0 Å². The highest BCUT2D eigenvalue weighted by atomic mass is 16.4. The van der Waals surface area contributed by atoms with Crippen LogP contribution in [0.1, 0.15) is 46.0 Å². The highest BCUT2D eigenvalue weighted by Gasteiger charge is 2.22. The molecule has 1 amide bonds. The van der Waals surface area contributed by atoms with Crippen molar-refractivity contribution in [2.24, 2.45) is 5.92 Å². The molecular formula is C14H26N2O3. The van der Waals surface area contributed by atoms with Crippen LogP contribution in [0.2, 0.25) is 0 Å². The summed E-state index contributed by atoms with van der Waals surface area (Å²) >= 11 is 0. The van der Waals surface area contributed by atoms with Crippen molar-refractivity contribution in [3.63, 3.8) is 0 Å². The van der Waals surface area contributed by atoms with Crippen LogP contribution in [0.5, 0.6) is 0 Å². The molecule has 2 N–H and O–H groups in total. The summed E-state index contributed by atoms with van der Waals surface area (Å²) < 4.78 is 0. The van der Waals surface area contributed by atoms with Crippen LogP contribution in [0, 0.1) is 5.92 Å². The molecule has 1 aliphatic carbocycles. The second-order valence-electron chi connectivity index (χ2n) is 5.47. The number of aliphatic carboxylic acids is 1. The normalized spacial score (nSPS) is 17.6. The minimum atomic E-state index is -0.797. The maximum atomic E-state index is 11.1. The molecule has 0 aromatic heterocycles. The minimum absolute atomic E-state index is 0.0706. The van der Waals surface area contributed by atoms with Crippen LogP contribution in [0.4, 0.5) is 0 Å². The molecule has 0 heterocycles. The molecule has 0 bridgehead atoms. The van der Waals surface area contributed by atoms with Crippen LogP contribution < -0.4 is 5.32 Å². The van der Waals surface area contributed by atoms with E-state index in [-0.39, 0.29) is 5.91 Å². The van der Waals surface area contributed by atoms with Gasteiger partial charge in [0.2, 0.25) is 5.91 Å². The van der Waals surface area contributed by atoms with Crippen LogP contribution >= 0.6 is 0 Å². The molecule has 5 nitrogen and oxygen atoms in total. The number of amides is 1. The molecular weight excluding hydrogens is 244 g/mol. The van der Waals surface area contributed by atoms with Gasteiger partial charge in [-0.25, -0.2) is 0 Å². The van der Waals surface area contributed by atoms with E-state index in [0.717, 1.165) is 18.9 Å². The average molecular weight is 270 g/mol. The predicted octanol–water partition coefficient (Wildman–Crippen LogP) is 1.48. The van der Waals surface area contributed by atoms with E-state index in [1.165, 1.54) is 32.6 Å². The van der Waals surface area contributed by atoms with Gasteiger partial charge in [0, 0.05) is 20.0 Å². The standard InChI is InChI=1S/C14H26N2O3/c1-11(14(18)19)16(10-8-15-12(2)17)9-7-13-5-3-4-6-13/h11,13H,3-10H2,1-2H3,(H,15,17)(H,18,19). The predicted molar refractivity (Wildman–Crippen MR) is 73.9 cm³/mol. The molecule has 1 saturated carbocycles. The van der Waals surface area contributed by atoms with E-state index in [9.17, 15) is 9.59 Å². The Bertz CT molecular complexity index is 301. The first-order valence-corrected chi connectivity index (χ1v) is 7.22. The number of carboxylic acid groups (broad SMARTS) is 1. The molecule has 0 radical (unpaired) electrons. The molecule has 110 valence electrons. The second kappa shape index (κ2) is 8.15. The van der Waals surface area contributed by atoms with Crippen molar-refractivity contribution in [2.45, 2.75) is 52.0 Å². The molecule has 0 spiro atoms. The van der Waals surface area contributed by atoms with E-state index in [4.69, 9.17) is 5.11 Å². The summed E-state index contributed by atoms with van der Waals surface area (Å²) in [7, 11) is 0. The summed E-state index contributed by atoms with van der Waals surface area (Å²) in [5, 5.41) is 11.8. The molecule has 1 atom stereocenters. The van der Waals surface area contributed by atoms with Crippen LogP contribution in [0.15, 0.2) is 0 Å². The van der Waals surface area contributed by atoms with Gasteiger partial charge in [0.1, 0.15) is 6.04 Å². The van der Waals surface area contributed by atoms with E-state index < -0.39 is 12.0 Å². The van der Waals surface area contributed by atoms with Gasteiger partial charge >= 0.3 is 5.97 Å². The van der Waals surface area contributed by atoms with Crippen LogP contribution in [0.3, 0.4) is 0 Å². The smallest absolute Gasteiger partial charge is 0.320 e. The number of carboxylic acids is 1. The number of nitrogens with zero attached hydrogens (tertiary/aromatic N) is 1. The lowest BCUT2D eigenvalue weighted by molar-refractivity contribution is -0.142. The zero-order valence-corrected chi connectivity index (χ0v) is 12.0. The van der Waals surface area contributed by atoms with Gasteiger partial charge in [0.05, 0.1) is 0 Å². The number of carbonyl (C=O) groups excluding carboxylic acids is 1. The number of hydrogen-bond donors (Lipinski definition) is 2. The summed E-state index contributed by atoms with van der Waals surface area (Å²) in [5.74, 6) is -0.114. The first kappa shape index (κ1) is 16.0. The Morgan fingerprint density at radius 3 is 2.47 bits per heavy atom. The lowest BCUT2D eigenvalue weighted by Crippen LogP contribution is -2.44. The van der Waals surface area contributed by atoms with Gasteiger partial charge < -0.3 is 10.4 Å². The zero-order valence-electron chi connectivity index (χ0n) is 12.0. The Morgan fingerprint density at radius 1 is 1.32 bits per heavy atom. The Kier molecular flexibility index (Phi) is 6.84. The first-order chi connectivity index (χ1) is 9.00. The molecule has 0 aromatic rings. The Balaban J connectivity index is 2.38. The Morgan fingerprint density at radius 2 is 1.95 bits per heavy atom. The number of nitrogens with one attached hydrogen (secondary N) is 1. The van der Waals surface area contributed by atoms with E-state index in [2.05, 4.69) is 5.32 Å². The largest absolute Gasteiger partial charge is 0.480 e. The summed E-state index contributed by atoms with van der Waals surface area (Å²) in [6.45, 7) is 5.10. The minimum Gasteiger partial charge on any atom is -0.480 e. The zero-order chi connectivity index (χ0) is 14.3. The van der Waals surface area contributed by atoms with E-state index in [0.29, 0.717) is 13.1 Å². The van der Waals surface area contributed by atoms with Crippen LogP contribution in [-0.4, -0.2) is 47.6 Å². The summed E-state index contributed by atoms with van der Waals surface area (Å²) in [6.07, 6.45) is 6.25. The summed E-state index contributed by atoms with van der Waals surface area (Å²) in [4.78, 5) is 23.9. The molecule has 1 rings (SSSR count). The third kappa shape index (κ3) is 6.05. The number of hydrogen-bond acceptors (Lipinski definition) is 3. The van der Waals surface area contributed by atoms with E-state index in [1.807, 2.05) is 4.90 Å². The van der Waals surface area contributed by atoms with Crippen molar-refractivity contribution < 1.29 is 14.7 Å². The van der Waals surface area contributed by atoms with Gasteiger partial charge in [-0.05, 0) is 25.8 Å². The Hall–Kier alpha value is -1.10. The second-order valence-corrected chi connectivity index (χ2v) is 5.47. The van der Waals surface area contributed by atoms with Crippen molar-refractivity contribution in [3.05, 3.63) is 0 Å². The molecule has 0 saturated heterocycles. The maximum Gasteiger partial charge on any atom is 0.320 e. The van der Waals surface area contributed by atoms with Gasteiger partial charge in [0.15, 0.2) is 0 Å². The monoisotopic (exact) mass is 270 g/mol. The fourth-order valence-electron chi connectivity index (χ4n) is 2.68. The topological polar surface area (TPSA) is 69.6 Å². The lowest BCUT2D eigenvalue weighted by atomic mass is 10.0. The molecule has 0 aliphatic heterocycles. The van der Waals surface area contributed by atoms with Crippen LogP contribution in [-0.2, 0) is 9.59 Å². The highest BCUT2D eigenvalue weighted by Crippen LogP contribution is 2.27. The first-order valence-electron chi connectivity index (χ1n) is 7.22. The fraction of sp³-hybridized carbons (Fsp3) is 0.857.